The number of hydrogen-bond acceptors (Lipinski definition) is 5. The number of ether oxygens (including phenoxy) is 1. The van der Waals surface area contributed by atoms with E-state index in [1.54, 1.807) is 11.3 Å². The summed E-state index contributed by atoms with van der Waals surface area (Å²) in [6.07, 6.45) is 4.11. The van der Waals surface area contributed by atoms with Crippen molar-refractivity contribution < 1.29 is 9.53 Å². The van der Waals surface area contributed by atoms with E-state index in [2.05, 4.69) is 4.90 Å². The molecule has 0 spiro atoms. The number of carbonyl (C=O) groups is 1. The number of fused-ring (bicyclic) bond motifs is 1. The maximum atomic E-state index is 13.1. The Labute approximate surface area is 169 Å². The van der Waals surface area contributed by atoms with E-state index in [1.807, 2.05) is 24.0 Å². The number of nitrogens with zero attached hydrogens (tertiary/aromatic N) is 3. The highest BCUT2D eigenvalue weighted by Crippen LogP contribution is 2.37. The first-order valence-electron chi connectivity index (χ1n) is 9.80. The van der Waals surface area contributed by atoms with Crippen LogP contribution in [0.25, 0.3) is 10.2 Å². The van der Waals surface area contributed by atoms with Gasteiger partial charge in [-0.05, 0) is 37.8 Å². The molecule has 1 aliphatic heterocycles. The van der Waals surface area contributed by atoms with Gasteiger partial charge in [-0.1, -0.05) is 35.4 Å². The Morgan fingerprint density at radius 3 is 2.81 bits per heavy atom. The Morgan fingerprint density at radius 2 is 2.15 bits per heavy atom. The van der Waals surface area contributed by atoms with Crippen LogP contribution in [0, 0.1) is 12.8 Å². The van der Waals surface area contributed by atoms with E-state index in [1.165, 1.54) is 0 Å². The van der Waals surface area contributed by atoms with Gasteiger partial charge in [-0.2, -0.15) is 0 Å². The average molecular weight is 408 g/mol. The highest BCUT2D eigenvalue weighted by Gasteiger charge is 2.31. The van der Waals surface area contributed by atoms with Gasteiger partial charge < -0.3 is 4.74 Å². The predicted molar refractivity (Wildman–Crippen MR) is 111 cm³/mol. The molecule has 0 unspecified atom stereocenters. The lowest BCUT2D eigenvalue weighted by Crippen LogP contribution is -2.42. The lowest BCUT2D eigenvalue weighted by molar-refractivity contribution is -0.124. The maximum Gasteiger partial charge on any atom is 0.231 e. The highest BCUT2D eigenvalue weighted by atomic mass is 35.5. The molecule has 1 aromatic heterocycles. The molecular weight excluding hydrogens is 382 g/mol. The summed E-state index contributed by atoms with van der Waals surface area (Å²) < 4.78 is 6.40. The second-order valence-electron chi connectivity index (χ2n) is 7.46. The molecule has 1 saturated heterocycles. The van der Waals surface area contributed by atoms with Crippen LogP contribution in [-0.2, 0) is 9.53 Å². The van der Waals surface area contributed by atoms with Crippen molar-refractivity contribution in [1.82, 2.24) is 9.88 Å². The minimum atomic E-state index is 0.164. The van der Waals surface area contributed by atoms with Gasteiger partial charge >= 0.3 is 0 Å². The van der Waals surface area contributed by atoms with Crippen LogP contribution >= 0.6 is 22.9 Å². The summed E-state index contributed by atoms with van der Waals surface area (Å²) in [5.41, 5.74) is 2.02. The van der Waals surface area contributed by atoms with Crippen LogP contribution in [0.2, 0.25) is 5.02 Å². The Kier molecular flexibility index (Phi) is 5.97. The molecule has 0 radical (unpaired) electrons. The summed E-state index contributed by atoms with van der Waals surface area (Å²) in [6, 6.07) is 3.91. The van der Waals surface area contributed by atoms with Crippen molar-refractivity contribution in [2.45, 2.75) is 32.6 Å². The highest BCUT2D eigenvalue weighted by molar-refractivity contribution is 7.23. The zero-order valence-corrected chi connectivity index (χ0v) is 17.3. The number of halogens is 1. The molecule has 1 aliphatic carbocycles. The largest absolute Gasteiger partial charge is 0.379 e. The third kappa shape index (κ3) is 4.14. The first kappa shape index (κ1) is 19.1. The molecular formula is C20H26ClN3O2S. The van der Waals surface area contributed by atoms with Gasteiger partial charge in [0.15, 0.2) is 5.13 Å². The first-order chi connectivity index (χ1) is 13.1. The van der Waals surface area contributed by atoms with Crippen molar-refractivity contribution in [3.05, 3.63) is 22.7 Å². The zero-order chi connectivity index (χ0) is 18.8. The number of rotatable bonds is 6. The minimum absolute atomic E-state index is 0.164. The monoisotopic (exact) mass is 407 g/mol. The molecule has 2 heterocycles. The number of anilines is 1. The van der Waals surface area contributed by atoms with Crippen LogP contribution in [-0.4, -0.2) is 55.2 Å². The molecule has 2 aromatic rings. The summed E-state index contributed by atoms with van der Waals surface area (Å²) in [4.78, 5) is 22.2. The summed E-state index contributed by atoms with van der Waals surface area (Å²) in [6.45, 7) is 7.31. The molecule has 1 aromatic carbocycles. The fourth-order valence-electron chi connectivity index (χ4n) is 3.66. The topological polar surface area (TPSA) is 45.7 Å². The summed E-state index contributed by atoms with van der Waals surface area (Å²) in [7, 11) is 0. The van der Waals surface area contributed by atoms with Crippen molar-refractivity contribution in [3.63, 3.8) is 0 Å². The van der Waals surface area contributed by atoms with Crippen molar-refractivity contribution in [2.75, 3.05) is 44.3 Å². The molecule has 146 valence electrons. The van der Waals surface area contributed by atoms with Gasteiger partial charge in [-0.15, -0.1) is 0 Å². The summed E-state index contributed by atoms with van der Waals surface area (Å²) >= 11 is 7.92. The number of carbonyl (C=O) groups excluding carboxylic acids is 1. The number of aromatic nitrogens is 1. The molecule has 0 N–H and O–H groups in total. The standard InChI is InChI=1S/C20H26ClN3O2S/c1-14-6-7-16(21)18-17(14)22-20(27-18)24(19(25)15-4-2-5-15)9-3-8-23-10-12-26-13-11-23/h6-7,15H,2-5,8-13H2,1H3. The minimum Gasteiger partial charge on any atom is -0.379 e. The van der Waals surface area contributed by atoms with Gasteiger partial charge in [0.25, 0.3) is 0 Å². The fourth-order valence-corrected chi connectivity index (χ4v) is 5.01. The van der Waals surface area contributed by atoms with Crippen LogP contribution in [0.5, 0.6) is 0 Å². The Balaban J connectivity index is 1.53. The number of thiazole rings is 1. The van der Waals surface area contributed by atoms with Gasteiger partial charge in [0.2, 0.25) is 5.91 Å². The molecule has 7 heteroatoms. The van der Waals surface area contributed by atoms with E-state index < -0.39 is 0 Å². The van der Waals surface area contributed by atoms with Gasteiger partial charge in [-0.25, -0.2) is 4.98 Å². The Morgan fingerprint density at radius 1 is 1.37 bits per heavy atom. The van der Waals surface area contributed by atoms with Crippen LogP contribution in [0.4, 0.5) is 5.13 Å². The molecule has 0 atom stereocenters. The van der Waals surface area contributed by atoms with Crippen LogP contribution in [0.1, 0.15) is 31.2 Å². The normalized spacial score (nSPS) is 18.6. The quantitative estimate of drug-likeness (QED) is 0.722. The van der Waals surface area contributed by atoms with E-state index in [0.29, 0.717) is 11.6 Å². The van der Waals surface area contributed by atoms with Crippen molar-refractivity contribution in [3.8, 4) is 0 Å². The number of amides is 1. The van der Waals surface area contributed by atoms with Crippen LogP contribution < -0.4 is 4.90 Å². The van der Waals surface area contributed by atoms with Gasteiger partial charge in [-0.3, -0.25) is 14.6 Å². The molecule has 27 heavy (non-hydrogen) atoms. The van der Waals surface area contributed by atoms with Gasteiger partial charge in [0, 0.05) is 32.1 Å². The second kappa shape index (κ2) is 8.43. The second-order valence-corrected chi connectivity index (χ2v) is 8.85. The van der Waals surface area contributed by atoms with E-state index >= 15 is 0 Å². The molecule has 1 saturated carbocycles. The summed E-state index contributed by atoms with van der Waals surface area (Å²) in [5.74, 6) is 0.396. The average Bonchev–Trinajstić information content (AvgIpc) is 3.07. The van der Waals surface area contributed by atoms with Crippen molar-refractivity contribution in [2.24, 2.45) is 5.92 Å². The SMILES string of the molecule is Cc1ccc(Cl)c2sc(N(CCCN3CCOCC3)C(=O)C3CCC3)nc12. The Bertz CT molecular complexity index is 776. The lowest BCUT2D eigenvalue weighted by atomic mass is 9.84. The number of hydrogen-bond donors (Lipinski definition) is 0. The first-order valence-corrected chi connectivity index (χ1v) is 11.0. The molecule has 4 rings (SSSR count). The number of morpholine rings is 1. The van der Waals surface area contributed by atoms with Gasteiger partial charge in [0.05, 0.1) is 28.5 Å². The third-order valence-electron chi connectivity index (χ3n) is 5.60. The van der Waals surface area contributed by atoms with Crippen molar-refractivity contribution >= 4 is 44.2 Å². The third-order valence-corrected chi connectivity index (χ3v) is 7.14. The molecule has 2 fully saturated rings. The van der Waals surface area contributed by atoms with E-state index in [4.69, 9.17) is 21.3 Å². The van der Waals surface area contributed by atoms with E-state index in [0.717, 1.165) is 79.4 Å². The van der Waals surface area contributed by atoms with E-state index in [9.17, 15) is 4.79 Å². The Hall–Kier alpha value is -1.21. The number of aryl methyl sites for hydroxylation is 1. The predicted octanol–water partition coefficient (Wildman–Crippen LogP) is 4.11. The number of benzene rings is 1. The van der Waals surface area contributed by atoms with Crippen molar-refractivity contribution in [1.29, 1.82) is 0 Å². The van der Waals surface area contributed by atoms with Crippen LogP contribution in [0.15, 0.2) is 12.1 Å². The molecule has 5 nitrogen and oxygen atoms in total. The lowest BCUT2D eigenvalue weighted by Gasteiger charge is -2.31. The zero-order valence-electron chi connectivity index (χ0n) is 15.7. The maximum absolute atomic E-state index is 13.1. The fraction of sp³-hybridized carbons (Fsp3) is 0.600. The smallest absolute Gasteiger partial charge is 0.231 e. The summed E-state index contributed by atoms with van der Waals surface area (Å²) in [5, 5.41) is 1.50. The van der Waals surface area contributed by atoms with E-state index in [-0.39, 0.29) is 11.8 Å². The van der Waals surface area contributed by atoms with Gasteiger partial charge in [0.1, 0.15) is 0 Å². The molecule has 0 bridgehead atoms. The molecule has 1 amide bonds. The molecule has 2 aliphatic rings. The van der Waals surface area contributed by atoms with Crippen LogP contribution in [0.3, 0.4) is 0 Å².